The zero-order chi connectivity index (χ0) is 25.5. The molecule has 4 aromatic rings. The third-order valence-electron chi connectivity index (χ3n) is 7.80. The van der Waals surface area contributed by atoms with Gasteiger partial charge in [0.1, 0.15) is 5.69 Å². The Bertz CT molecular complexity index is 1520. The second-order valence-electron chi connectivity index (χ2n) is 9.93. The van der Waals surface area contributed by atoms with E-state index in [-0.39, 0.29) is 23.7 Å². The van der Waals surface area contributed by atoms with Crippen molar-refractivity contribution >= 4 is 33.4 Å². The maximum atomic E-state index is 14.0. The van der Waals surface area contributed by atoms with Gasteiger partial charge in [-0.25, -0.2) is 0 Å². The van der Waals surface area contributed by atoms with E-state index in [0.29, 0.717) is 39.0 Å². The van der Waals surface area contributed by atoms with Crippen molar-refractivity contribution in [2.45, 2.75) is 19.4 Å². The van der Waals surface area contributed by atoms with E-state index in [1.807, 2.05) is 28.8 Å². The van der Waals surface area contributed by atoms with Crippen LogP contribution in [-0.4, -0.2) is 76.9 Å². The van der Waals surface area contributed by atoms with Crippen LogP contribution >= 0.6 is 0 Å². The summed E-state index contributed by atoms with van der Waals surface area (Å²) in [4.78, 5) is 32.5. The molecule has 0 amide bonds. The number of aromatic nitrogens is 2. The molecule has 2 aromatic carbocycles. The van der Waals surface area contributed by atoms with Gasteiger partial charge in [-0.2, -0.15) is 4.73 Å². The number of aliphatic hydroxyl groups is 1. The van der Waals surface area contributed by atoms with E-state index in [0.717, 1.165) is 63.0 Å². The van der Waals surface area contributed by atoms with Crippen LogP contribution in [-0.2, 0) is 6.54 Å². The Labute approximate surface area is 214 Å². The largest absolute Gasteiger partial charge is 0.618 e. The molecule has 3 heterocycles. The quantitative estimate of drug-likeness (QED) is 0.211. The first-order chi connectivity index (χ1) is 18.1. The van der Waals surface area contributed by atoms with E-state index < -0.39 is 0 Å². The summed E-state index contributed by atoms with van der Waals surface area (Å²) in [7, 11) is 0. The molecule has 190 valence electrons. The molecule has 8 nitrogen and oxygen atoms in total. The van der Waals surface area contributed by atoms with Crippen LogP contribution < -0.4 is 4.73 Å². The first-order valence-corrected chi connectivity index (χ1v) is 13.0. The minimum Gasteiger partial charge on any atom is -0.618 e. The molecule has 2 aliphatic rings. The summed E-state index contributed by atoms with van der Waals surface area (Å²) in [5, 5.41) is 23.1. The highest BCUT2D eigenvalue weighted by Gasteiger charge is 2.38. The molecule has 1 N–H and O–H groups in total. The summed E-state index contributed by atoms with van der Waals surface area (Å²) in [6.45, 7) is 6.51. The molecule has 2 aromatic heterocycles. The van der Waals surface area contributed by atoms with E-state index in [4.69, 9.17) is 5.11 Å². The normalized spacial score (nSPS) is 16.5. The molecule has 0 radical (unpaired) electrons. The lowest BCUT2D eigenvalue weighted by Crippen LogP contribution is -2.47. The molecule has 1 fully saturated rings. The van der Waals surface area contributed by atoms with Crippen LogP contribution in [0.5, 0.6) is 0 Å². The number of aryl methyl sites for hydroxylation is 1. The molecule has 6 rings (SSSR count). The molecule has 8 heteroatoms. The third kappa shape index (κ3) is 4.01. The number of carbonyl (C=O) groups is 2. The highest BCUT2D eigenvalue weighted by Crippen LogP contribution is 2.37. The first kappa shape index (κ1) is 23.8. The maximum Gasteiger partial charge on any atom is 0.224 e. The monoisotopic (exact) mass is 498 g/mol. The summed E-state index contributed by atoms with van der Waals surface area (Å²) in [6.07, 6.45) is 3.12. The van der Waals surface area contributed by atoms with Gasteiger partial charge in [0.2, 0.25) is 17.1 Å². The lowest BCUT2D eigenvalue weighted by molar-refractivity contribution is -0.577. The molecule has 0 unspecified atom stereocenters. The Morgan fingerprint density at radius 2 is 1.43 bits per heavy atom. The zero-order valence-electron chi connectivity index (χ0n) is 20.7. The third-order valence-corrected chi connectivity index (χ3v) is 7.80. The van der Waals surface area contributed by atoms with Crippen molar-refractivity contribution in [1.29, 1.82) is 0 Å². The number of hydrogen-bond donors (Lipinski definition) is 1. The Morgan fingerprint density at radius 1 is 0.784 bits per heavy atom. The number of para-hydroxylation sites is 2. The van der Waals surface area contributed by atoms with Gasteiger partial charge < -0.3 is 19.8 Å². The van der Waals surface area contributed by atoms with Crippen LogP contribution in [0.25, 0.3) is 21.8 Å². The molecule has 0 atom stereocenters. The van der Waals surface area contributed by atoms with Crippen molar-refractivity contribution in [3.63, 3.8) is 0 Å². The molecule has 1 aliphatic heterocycles. The summed E-state index contributed by atoms with van der Waals surface area (Å²) in [5.41, 5.74) is 2.60. The fourth-order valence-corrected chi connectivity index (χ4v) is 5.93. The van der Waals surface area contributed by atoms with Crippen LogP contribution in [0, 0.1) is 5.21 Å². The maximum absolute atomic E-state index is 14.0. The molecular formula is C29H30N4O4. The summed E-state index contributed by atoms with van der Waals surface area (Å²) < 4.78 is 2.70. The lowest BCUT2D eigenvalue weighted by atomic mass is 9.85. The van der Waals surface area contributed by atoms with Crippen molar-refractivity contribution in [2.75, 3.05) is 45.9 Å². The van der Waals surface area contributed by atoms with Gasteiger partial charge in [0.05, 0.1) is 28.7 Å². The number of carbonyl (C=O) groups excluding carboxylic acids is 2. The van der Waals surface area contributed by atoms with Gasteiger partial charge in [0.25, 0.3) is 0 Å². The van der Waals surface area contributed by atoms with Crippen LogP contribution in [0.3, 0.4) is 0 Å². The van der Waals surface area contributed by atoms with Crippen molar-refractivity contribution in [2.24, 2.45) is 0 Å². The van der Waals surface area contributed by atoms with Gasteiger partial charge in [-0.1, -0.05) is 30.3 Å². The van der Waals surface area contributed by atoms with Gasteiger partial charge in [0, 0.05) is 56.2 Å². The van der Waals surface area contributed by atoms with Crippen molar-refractivity contribution in [3.8, 4) is 0 Å². The van der Waals surface area contributed by atoms with Crippen LogP contribution in [0.1, 0.15) is 44.8 Å². The zero-order valence-corrected chi connectivity index (χ0v) is 20.7. The van der Waals surface area contributed by atoms with E-state index in [1.165, 1.54) is 6.20 Å². The number of benzene rings is 2. The number of unbranched alkanes of at least 4 members (excludes halogenated alkanes) is 1. The Kier molecular flexibility index (Phi) is 6.24. The van der Waals surface area contributed by atoms with Crippen molar-refractivity contribution in [3.05, 3.63) is 82.3 Å². The molecule has 0 saturated carbocycles. The van der Waals surface area contributed by atoms with Gasteiger partial charge in [-0.15, -0.1) is 0 Å². The predicted molar refractivity (Wildman–Crippen MR) is 141 cm³/mol. The van der Waals surface area contributed by atoms with Gasteiger partial charge in [0.15, 0.2) is 6.20 Å². The number of hydrogen-bond acceptors (Lipinski definition) is 6. The fraction of sp³-hybridized carbons (Fsp3) is 0.345. The molecule has 1 aliphatic carbocycles. The number of ketones is 2. The Morgan fingerprint density at radius 3 is 2.19 bits per heavy atom. The summed E-state index contributed by atoms with van der Waals surface area (Å²) >= 11 is 0. The number of aliphatic hydroxyl groups excluding tert-OH is 1. The molecule has 37 heavy (non-hydrogen) atoms. The molecule has 0 bridgehead atoms. The molecule has 0 spiro atoms. The van der Waals surface area contributed by atoms with Gasteiger partial charge in [-0.05, 0) is 31.5 Å². The van der Waals surface area contributed by atoms with E-state index >= 15 is 0 Å². The smallest absolute Gasteiger partial charge is 0.224 e. The lowest BCUT2D eigenvalue weighted by Gasteiger charge is -2.34. The van der Waals surface area contributed by atoms with Crippen molar-refractivity contribution in [1.82, 2.24) is 14.4 Å². The summed E-state index contributed by atoms with van der Waals surface area (Å²) in [6, 6.07) is 14.6. The molecular weight excluding hydrogens is 468 g/mol. The average molecular weight is 499 g/mol. The highest BCUT2D eigenvalue weighted by molar-refractivity contribution is 6.34. The predicted octanol–water partition coefficient (Wildman–Crippen LogP) is 2.59. The number of rotatable bonds is 7. The first-order valence-electron chi connectivity index (χ1n) is 13.0. The topological polar surface area (TPSA) is 92.7 Å². The average Bonchev–Trinajstić information content (AvgIpc) is 3.25. The minimum absolute atomic E-state index is 0.175. The second-order valence-corrected chi connectivity index (χ2v) is 9.93. The van der Waals surface area contributed by atoms with Crippen LogP contribution in [0.4, 0.5) is 0 Å². The van der Waals surface area contributed by atoms with E-state index in [1.54, 1.807) is 24.3 Å². The number of nitrogens with zero attached hydrogens (tertiary/aromatic N) is 4. The van der Waals surface area contributed by atoms with Gasteiger partial charge in [-0.3, -0.25) is 14.5 Å². The van der Waals surface area contributed by atoms with Crippen LogP contribution in [0.15, 0.2) is 54.7 Å². The van der Waals surface area contributed by atoms with E-state index in [2.05, 4.69) is 9.80 Å². The number of fused-ring (bicyclic) bond motifs is 6. The standard InChI is InChI=1S/C29H30N4O4/c34-18-17-31-15-13-30(14-16-31)11-5-6-12-32-23-9-3-1-7-20(23)26-27(32)29(36)25-21-8-2-4-10-24(21)33(37)19-22(25)28(26)35/h1-4,7-10,19,34H,5-6,11-18H2. The Hall–Kier alpha value is -3.59. The number of piperazine rings is 1. The van der Waals surface area contributed by atoms with Gasteiger partial charge >= 0.3 is 0 Å². The van der Waals surface area contributed by atoms with Crippen LogP contribution in [0.2, 0.25) is 0 Å². The fourth-order valence-electron chi connectivity index (χ4n) is 5.93. The highest BCUT2D eigenvalue weighted by atomic mass is 16.5. The van der Waals surface area contributed by atoms with E-state index in [9.17, 15) is 14.8 Å². The SMILES string of the molecule is O=C1c2c[n+]([O-])c3ccccc3c2C(=O)c2c1c1ccccc1n2CCCCN1CCN(CCO)CC1. The number of β-amino-alcohol motifs (C(OH)–C–C–N with tert-alkyl or cyclic N) is 1. The minimum atomic E-state index is -0.268. The second kappa shape index (κ2) is 9.70. The number of pyridine rings is 1. The Balaban J connectivity index is 1.30. The van der Waals surface area contributed by atoms with Crippen molar-refractivity contribution < 1.29 is 19.4 Å². The molecule has 1 saturated heterocycles. The summed E-state index contributed by atoms with van der Waals surface area (Å²) in [5.74, 6) is -0.465.